The standard InChI is InChI=1S/C32H27F12N9O2/c33-19-11-23(37)21(35)7-15(19)5-17(9-27(54)50-1-3-52-25(13-50)46-48-29(52)31(39,40)41)45-18(6-16-8-22(36)24(38)12-20(16)34)10-28(55)51-2-4-53-26(14-51)47-49-30(53)32(42,43)44/h7-8,11-12,17-18,45H,1-6,9-10,13-14H2/t17-,18-/m1/s1. The number of benzene rings is 2. The van der Waals surface area contributed by atoms with E-state index >= 15 is 0 Å². The molecule has 0 aliphatic carbocycles. The fraction of sp³-hybridized carbons (Fsp3) is 0.438. The molecular weight excluding hydrogens is 770 g/mol. The topological polar surface area (TPSA) is 114 Å². The van der Waals surface area contributed by atoms with Crippen LogP contribution in [0, 0.1) is 34.9 Å². The van der Waals surface area contributed by atoms with Crippen molar-refractivity contribution in [1.29, 1.82) is 0 Å². The van der Waals surface area contributed by atoms with Crippen LogP contribution >= 0.6 is 0 Å². The number of hydrogen-bond donors (Lipinski definition) is 1. The van der Waals surface area contributed by atoms with Gasteiger partial charge in [0.1, 0.15) is 11.6 Å². The van der Waals surface area contributed by atoms with Gasteiger partial charge >= 0.3 is 12.4 Å². The predicted octanol–water partition coefficient (Wildman–Crippen LogP) is 4.72. The van der Waals surface area contributed by atoms with Crippen LogP contribution in [0.3, 0.4) is 0 Å². The Morgan fingerprint density at radius 1 is 0.564 bits per heavy atom. The number of nitrogens with zero attached hydrogens (tertiary/aromatic N) is 8. The van der Waals surface area contributed by atoms with E-state index in [1.807, 2.05) is 0 Å². The van der Waals surface area contributed by atoms with Crippen LogP contribution in [0.15, 0.2) is 24.3 Å². The largest absolute Gasteiger partial charge is 0.451 e. The first kappa shape index (κ1) is 39.5. The molecule has 0 saturated carbocycles. The van der Waals surface area contributed by atoms with E-state index in [9.17, 15) is 62.3 Å². The number of carbonyl (C=O) groups is 2. The second-order valence-electron chi connectivity index (χ2n) is 12.9. The number of hydrogen-bond acceptors (Lipinski definition) is 7. The molecule has 2 amide bonds. The Morgan fingerprint density at radius 2 is 0.927 bits per heavy atom. The molecule has 2 aliphatic heterocycles. The van der Waals surface area contributed by atoms with Crippen molar-refractivity contribution in [2.24, 2.45) is 0 Å². The molecular formula is C32H27F12N9O2. The van der Waals surface area contributed by atoms with Crippen LogP contribution in [0.25, 0.3) is 0 Å². The summed E-state index contributed by atoms with van der Waals surface area (Å²) in [7, 11) is 0. The molecule has 6 rings (SSSR count). The zero-order valence-electron chi connectivity index (χ0n) is 28.0. The summed E-state index contributed by atoms with van der Waals surface area (Å²) in [5.41, 5.74) is -0.922. The third kappa shape index (κ3) is 8.70. The molecule has 0 radical (unpaired) electrons. The molecule has 0 saturated heterocycles. The van der Waals surface area contributed by atoms with Crippen LogP contribution in [0.5, 0.6) is 0 Å². The molecule has 0 fully saturated rings. The van der Waals surface area contributed by atoms with Gasteiger partial charge in [0.05, 0.1) is 13.1 Å². The van der Waals surface area contributed by atoms with Crippen LogP contribution in [-0.2, 0) is 61.0 Å². The Morgan fingerprint density at radius 3 is 1.29 bits per heavy atom. The first-order chi connectivity index (χ1) is 25.8. The lowest BCUT2D eigenvalue weighted by atomic mass is 9.96. The molecule has 23 heteroatoms. The molecule has 2 aromatic heterocycles. The number of aromatic nitrogens is 6. The Kier molecular flexibility index (Phi) is 10.9. The minimum absolute atomic E-state index is 0.208. The summed E-state index contributed by atoms with van der Waals surface area (Å²) >= 11 is 0. The highest BCUT2D eigenvalue weighted by molar-refractivity contribution is 5.78. The molecule has 296 valence electrons. The van der Waals surface area contributed by atoms with Gasteiger partial charge < -0.3 is 24.3 Å². The van der Waals surface area contributed by atoms with Crippen LogP contribution in [-0.4, -0.2) is 76.3 Å². The minimum Gasteiger partial charge on any atom is -0.333 e. The predicted molar refractivity (Wildman–Crippen MR) is 161 cm³/mol. The van der Waals surface area contributed by atoms with Crippen molar-refractivity contribution in [3.05, 3.63) is 93.6 Å². The Balaban J connectivity index is 1.27. The highest BCUT2D eigenvalue weighted by Gasteiger charge is 2.41. The highest BCUT2D eigenvalue weighted by Crippen LogP contribution is 2.31. The monoisotopic (exact) mass is 797 g/mol. The summed E-state index contributed by atoms with van der Waals surface area (Å²) in [6.07, 6.45) is -12.1. The normalized spacial score (nSPS) is 15.9. The lowest BCUT2D eigenvalue weighted by Gasteiger charge is -2.32. The fourth-order valence-electron chi connectivity index (χ4n) is 6.53. The lowest BCUT2D eigenvalue weighted by molar-refractivity contribution is -0.149. The van der Waals surface area contributed by atoms with E-state index < -0.39 is 133 Å². The van der Waals surface area contributed by atoms with Gasteiger partial charge in [-0.3, -0.25) is 9.59 Å². The number of carbonyl (C=O) groups excluding carboxylic acids is 2. The molecule has 0 spiro atoms. The molecule has 2 aromatic carbocycles. The molecule has 2 aliphatic rings. The smallest absolute Gasteiger partial charge is 0.333 e. The molecule has 4 heterocycles. The summed E-state index contributed by atoms with van der Waals surface area (Å²) in [5.74, 6) is -13.0. The molecule has 1 N–H and O–H groups in total. The van der Waals surface area contributed by atoms with E-state index in [0.29, 0.717) is 12.1 Å². The lowest BCUT2D eigenvalue weighted by Crippen LogP contribution is -2.48. The van der Waals surface area contributed by atoms with Gasteiger partial charge in [0, 0.05) is 63.2 Å². The first-order valence-electron chi connectivity index (χ1n) is 16.4. The van der Waals surface area contributed by atoms with Crippen LogP contribution in [0.1, 0.15) is 47.3 Å². The third-order valence-electron chi connectivity index (χ3n) is 9.14. The second-order valence-corrected chi connectivity index (χ2v) is 12.9. The van der Waals surface area contributed by atoms with Crippen molar-refractivity contribution in [1.82, 2.24) is 44.6 Å². The minimum atomic E-state index is -4.84. The molecule has 55 heavy (non-hydrogen) atoms. The maximum absolute atomic E-state index is 14.9. The summed E-state index contributed by atoms with van der Waals surface area (Å²) in [6, 6.07) is -1.11. The number of nitrogens with one attached hydrogen (secondary N) is 1. The fourth-order valence-corrected chi connectivity index (χ4v) is 6.53. The zero-order valence-corrected chi connectivity index (χ0v) is 28.0. The van der Waals surface area contributed by atoms with Crippen molar-refractivity contribution in [3.8, 4) is 0 Å². The maximum atomic E-state index is 14.9. The Bertz CT molecular complexity index is 1950. The average molecular weight is 798 g/mol. The van der Waals surface area contributed by atoms with Gasteiger partial charge in [0.25, 0.3) is 0 Å². The van der Waals surface area contributed by atoms with Crippen molar-refractivity contribution in [2.45, 2.75) is 76.3 Å². The number of fused-ring (bicyclic) bond motifs is 2. The first-order valence-corrected chi connectivity index (χ1v) is 16.4. The van der Waals surface area contributed by atoms with Gasteiger partial charge in [-0.15, -0.1) is 20.4 Å². The molecule has 0 bridgehead atoms. The van der Waals surface area contributed by atoms with Gasteiger partial charge in [0.15, 0.2) is 34.9 Å². The van der Waals surface area contributed by atoms with Crippen LogP contribution in [0.4, 0.5) is 52.7 Å². The summed E-state index contributed by atoms with van der Waals surface area (Å²) in [6.45, 7) is -2.13. The van der Waals surface area contributed by atoms with E-state index in [-0.39, 0.29) is 50.0 Å². The summed E-state index contributed by atoms with van der Waals surface area (Å²) < 4.78 is 168. The maximum Gasteiger partial charge on any atom is 0.451 e. The second kappa shape index (κ2) is 15.1. The number of halogens is 12. The van der Waals surface area contributed by atoms with E-state index in [2.05, 4.69) is 25.7 Å². The van der Waals surface area contributed by atoms with Gasteiger partial charge in [-0.1, -0.05) is 0 Å². The van der Waals surface area contributed by atoms with Crippen molar-refractivity contribution >= 4 is 11.8 Å². The Labute approximate surface area is 301 Å². The number of rotatable bonds is 10. The van der Waals surface area contributed by atoms with Gasteiger partial charge in [0.2, 0.25) is 23.5 Å². The van der Waals surface area contributed by atoms with Gasteiger partial charge in [-0.2, -0.15) is 26.3 Å². The molecule has 11 nitrogen and oxygen atoms in total. The van der Waals surface area contributed by atoms with Crippen molar-refractivity contribution in [3.63, 3.8) is 0 Å². The van der Waals surface area contributed by atoms with E-state index in [1.54, 1.807) is 0 Å². The quantitative estimate of drug-likeness (QED) is 0.183. The highest BCUT2D eigenvalue weighted by atomic mass is 19.4. The third-order valence-corrected chi connectivity index (χ3v) is 9.14. The van der Waals surface area contributed by atoms with Crippen LogP contribution < -0.4 is 5.32 Å². The van der Waals surface area contributed by atoms with Gasteiger partial charge in [-0.05, 0) is 36.1 Å². The van der Waals surface area contributed by atoms with Gasteiger partial charge in [-0.25, -0.2) is 26.3 Å². The van der Waals surface area contributed by atoms with E-state index in [4.69, 9.17) is 0 Å². The van der Waals surface area contributed by atoms with E-state index in [1.165, 1.54) is 0 Å². The zero-order chi connectivity index (χ0) is 40.0. The summed E-state index contributed by atoms with van der Waals surface area (Å²) in [5, 5.41) is 16.2. The van der Waals surface area contributed by atoms with Crippen molar-refractivity contribution in [2.75, 3.05) is 13.1 Å². The van der Waals surface area contributed by atoms with Crippen LogP contribution in [0.2, 0.25) is 0 Å². The SMILES string of the molecule is O=C(C[C@@H](Cc1cc(F)c(F)cc1F)N[C@@H](CC(=O)N1CCn2c(nnc2C(F)(F)F)C1)Cc1cc(F)c(F)cc1F)N1CCn2c(nnc2C(F)(F)F)C1. The Hall–Kier alpha value is -5.22. The molecule has 2 atom stereocenters. The average Bonchev–Trinajstić information content (AvgIpc) is 3.74. The molecule has 4 aromatic rings. The van der Waals surface area contributed by atoms with E-state index in [0.717, 1.165) is 18.9 Å². The molecule has 0 unspecified atom stereocenters. The number of amides is 2. The van der Waals surface area contributed by atoms with Crippen molar-refractivity contribution < 1.29 is 62.3 Å². The summed E-state index contributed by atoms with van der Waals surface area (Å²) in [4.78, 5) is 29.4. The number of alkyl halides is 6.